The van der Waals surface area contributed by atoms with Crippen molar-refractivity contribution in [3.8, 4) is 11.4 Å². The van der Waals surface area contributed by atoms with Gasteiger partial charge in [0.05, 0.1) is 19.9 Å². The lowest BCUT2D eigenvalue weighted by Gasteiger charge is -2.10. The molecule has 1 aromatic heterocycles. The molecule has 0 aliphatic carbocycles. The molecule has 2 aromatic carbocycles. The van der Waals surface area contributed by atoms with Crippen molar-refractivity contribution in [1.29, 1.82) is 0 Å². The summed E-state index contributed by atoms with van der Waals surface area (Å²) in [5, 5.41) is 5.59. The van der Waals surface area contributed by atoms with E-state index in [0.717, 1.165) is 34.0 Å². The Kier molecular flexibility index (Phi) is 6.09. The van der Waals surface area contributed by atoms with Gasteiger partial charge in [0.15, 0.2) is 0 Å². The molecule has 140 valence electrons. The van der Waals surface area contributed by atoms with Crippen molar-refractivity contribution in [3.05, 3.63) is 81.1 Å². The highest BCUT2D eigenvalue weighted by Crippen LogP contribution is 2.24. The van der Waals surface area contributed by atoms with Gasteiger partial charge >= 0.3 is 0 Å². The van der Waals surface area contributed by atoms with Crippen LogP contribution in [0.15, 0.2) is 53.6 Å². The van der Waals surface area contributed by atoms with Gasteiger partial charge in [-0.25, -0.2) is 0 Å². The van der Waals surface area contributed by atoms with Crippen molar-refractivity contribution >= 4 is 29.4 Å². The largest absolute Gasteiger partial charge is 0.497 e. The van der Waals surface area contributed by atoms with Crippen LogP contribution in [0.4, 0.5) is 0 Å². The predicted molar refractivity (Wildman–Crippen MR) is 113 cm³/mol. The Labute approximate surface area is 169 Å². The van der Waals surface area contributed by atoms with Crippen LogP contribution in [0.3, 0.4) is 0 Å². The fourth-order valence-electron chi connectivity index (χ4n) is 2.99. The van der Waals surface area contributed by atoms with Gasteiger partial charge in [0.1, 0.15) is 5.75 Å². The van der Waals surface area contributed by atoms with E-state index in [4.69, 9.17) is 27.9 Å². The van der Waals surface area contributed by atoms with Gasteiger partial charge in [0.2, 0.25) is 0 Å². The SMILES string of the molecule is COc1ccc(-n2c(C)cc(/C=N\NCc3c(Cl)cccc3Cl)c2C)cc1. The Morgan fingerprint density at radius 3 is 2.37 bits per heavy atom. The molecular formula is C21H21Cl2N3O. The first-order valence-corrected chi connectivity index (χ1v) is 9.29. The lowest BCUT2D eigenvalue weighted by Crippen LogP contribution is -2.07. The molecule has 27 heavy (non-hydrogen) atoms. The van der Waals surface area contributed by atoms with E-state index >= 15 is 0 Å². The first-order valence-electron chi connectivity index (χ1n) is 8.53. The van der Waals surface area contributed by atoms with Crippen LogP contribution in [0.25, 0.3) is 5.69 Å². The molecule has 0 fully saturated rings. The summed E-state index contributed by atoms with van der Waals surface area (Å²) in [6.45, 7) is 4.61. The molecule has 0 atom stereocenters. The van der Waals surface area contributed by atoms with Crippen LogP contribution in [0, 0.1) is 13.8 Å². The van der Waals surface area contributed by atoms with Crippen molar-refractivity contribution < 1.29 is 4.74 Å². The molecule has 0 bridgehead atoms. The number of nitrogens with one attached hydrogen (secondary N) is 1. The van der Waals surface area contributed by atoms with Gasteiger partial charge in [-0.2, -0.15) is 5.10 Å². The minimum absolute atomic E-state index is 0.465. The summed E-state index contributed by atoms with van der Waals surface area (Å²) >= 11 is 12.4. The third-order valence-electron chi connectivity index (χ3n) is 4.41. The highest BCUT2D eigenvalue weighted by atomic mass is 35.5. The van der Waals surface area contributed by atoms with Crippen molar-refractivity contribution in [2.24, 2.45) is 5.10 Å². The van der Waals surface area contributed by atoms with E-state index in [0.29, 0.717) is 16.6 Å². The minimum atomic E-state index is 0.465. The van der Waals surface area contributed by atoms with E-state index < -0.39 is 0 Å². The second-order valence-electron chi connectivity index (χ2n) is 6.15. The first-order chi connectivity index (χ1) is 13.0. The molecule has 0 radical (unpaired) electrons. The van der Waals surface area contributed by atoms with E-state index in [1.54, 1.807) is 7.11 Å². The average Bonchev–Trinajstić information content (AvgIpc) is 2.94. The Hall–Kier alpha value is -2.43. The van der Waals surface area contributed by atoms with Crippen molar-refractivity contribution in [2.75, 3.05) is 7.11 Å². The predicted octanol–water partition coefficient (Wildman–Crippen LogP) is 5.53. The number of halogens is 2. The van der Waals surface area contributed by atoms with E-state index in [-0.39, 0.29) is 0 Å². The molecule has 0 saturated carbocycles. The molecule has 0 saturated heterocycles. The topological polar surface area (TPSA) is 38.5 Å². The Bertz CT molecular complexity index is 942. The van der Waals surface area contributed by atoms with E-state index in [2.05, 4.69) is 35.0 Å². The average molecular weight is 402 g/mol. The fourth-order valence-corrected chi connectivity index (χ4v) is 3.52. The Morgan fingerprint density at radius 2 is 1.74 bits per heavy atom. The van der Waals surface area contributed by atoms with Gasteiger partial charge in [-0.15, -0.1) is 0 Å². The molecule has 3 aromatic rings. The third kappa shape index (κ3) is 4.29. The van der Waals surface area contributed by atoms with Gasteiger partial charge in [0.25, 0.3) is 0 Å². The van der Waals surface area contributed by atoms with Crippen LogP contribution in [0.1, 0.15) is 22.5 Å². The maximum Gasteiger partial charge on any atom is 0.119 e. The minimum Gasteiger partial charge on any atom is -0.497 e. The molecule has 0 amide bonds. The molecule has 6 heteroatoms. The number of ether oxygens (including phenoxy) is 1. The number of rotatable bonds is 6. The number of nitrogens with zero attached hydrogens (tertiary/aromatic N) is 2. The summed E-state index contributed by atoms with van der Waals surface area (Å²) in [4.78, 5) is 0. The third-order valence-corrected chi connectivity index (χ3v) is 5.12. The highest BCUT2D eigenvalue weighted by Gasteiger charge is 2.10. The lowest BCUT2D eigenvalue weighted by molar-refractivity contribution is 0.414. The lowest BCUT2D eigenvalue weighted by atomic mass is 10.2. The molecule has 0 unspecified atom stereocenters. The van der Waals surface area contributed by atoms with Crippen LogP contribution >= 0.6 is 23.2 Å². The number of hydrogen-bond acceptors (Lipinski definition) is 3. The van der Waals surface area contributed by atoms with Crippen molar-refractivity contribution in [2.45, 2.75) is 20.4 Å². The van der Waals surface area contributed by atoms with Gasteiger partial charge in [0, 0.05) is 38.2 Å². The summed E-state index contributed by atoms with van der Waals surface area (Å²) in [5.41, 5.74) is 8.22. The standard InChI is InChI=1S/C21H21Cl2N3O/c1-14-11-16(12-24-25-13-19-20(22)5-4-6-21(19)23)15(2)26(14)17-7-9-18(27-3)10-8-17/h4-12,25H,13H2,1-3H3/b24-12-. The summed E-state index contributed by atoms with van der Waals surface area (Å²) in [6, 6.07) is 15.6. The zero-order chi connectivity index (χ0) is 19.4. The second-order valence-corrected chi connectivity index (χ2v) is 6.97. The van der Waals surface area contributed by atoms with Crippen molar-refractivity contribution in [3.63, 3.8) is 0 Å². The summed E-state index contributed by atoms with van der Waals surface area (Å²) in [6.07, 6.45) is 1.81. The number of hydrazone groups is 1. The molecule has 4 nitrogen and oxygen atoms in total. The number of aryl methyl sites for hydroxylation is 1. The molecular weight excluding hydrogens is 381 g/mol. The highest BCUT2D eigenvalue weighted by molar-refractivity contribution is 6.35. The fraction of sp³-hybridized carbons (Fsp3) is 0.190. The quantitative estimate of drug-likeness (QED) is 0.435. The molecule has 0 aliphatic rings. The second kappa shape index (κ2) is 8.51. The number of benzene rings is 2. The summed E-state index contributed by atoms with van der Waals surface area (Å²) in [5.74, 6) is 0.838. The first kappa shape index (κ1) is 19.3. The molecule has 1 N–H and O–H groups in total. The molecule has 3 rings (SSSR count). The number of hydrogen-bond donors (Lipinski definition) is 1. The smallest absolute Gasteiger partial charge is 0.119 e. The zero-order valence-corrected chi connectivity index (χ0v) is 17.0. The number of aromatic nitrogens is 1. The zero-order valence-electron chi connectivity index (χ0n) is 15.5. The monoisotopic (exact) mass is 401 g/mol. The van der Waals surface area contributed by atoms with Crippen LogP contribution in [-0.2, 0) is 6.54 Å². The Morgan fingerprint density at radius 1 is 1.07 bits per heavy atom. The van der Waals surface area contributed by atoms with Crippen LogP contribution in [0.2, 0.25) is 10.0 Å². The van der Waals surface area contributed by atoms with Crippen LogP contribution in [-0.4, -0.2) is 17.9 Å². The normalized spacial score (nSPS) is 11.1. The van der Waals surface area contributed by atoms with E-state index in [1.165, 1.54) is 0 Å². The maximum absolute atomic E-state index is 6.18. The van der Waals surface area contributed by atoms with Crippen LogP contribution in [0.5, 0.6) is 5.75 Å². The van der Waals surface area contributed by atoms with Gasteiger partial charge in [-0.05, 0) is 56.3 Å². The Balaban J connectivity index is 1.75. The van der Waals surface area contributed by atoms with Gasteiger partial charge in [-0.1, -0.05) is 29.3 Å². The van der Waals surface area contributed by atoms with E-state index in [9.17, 15) is 0 Å². The summed E-state index contributed by atoms with van der Waals surface area (Å²) < 4.78 is 7.42. The molecule has 0 spiro atoms. The molecule has 0 aliphatic heterocycles. The van der Waals surface area contributed by atoms with Crippen LogP contribution < -0.4 is 10.2 Å². The molecule has 1 heterocycles. The maximum atomic E-state index is 6.18. The summed E-state index contributed by atoms with van der Waals surface area (Å²) in [7, 11) is 1.67. The number of methoxy groups -OCH3 is 1. The van der Waals surface area contributed by atoms with Gasteiger partial charge < -0.3 is 14.7 Å². The van der Waals surface area contributed by atoms with Gasteiger partial charge in [-0.3, -0.25) is 0 Å². The van der Waals surface area contributed by atoms with Crippen molar-refractivity contribution in [1.82, 2.24) is 9.99 Å². The van der Waals surface area contributed by atoms with E-state index in [1.807, 2.05) is 48.7 Å².